The first-order valence-electron chi connectivity index (χ1n) is 6.86. The number of non-ortho nitro benzene ring substituents is 1. The molecule has 1 aromatic rings. The summed E-state index contributed by atoms with van der Waals surface area (Å²) in [7, 11) is 0. The van der Waals surface area contributed by atoms with Crippen molar-refractivity contribution < 1.29 is 10.0 Å². The van der Waals surface area contributed by atoms with E-state index in [0.717, 1.165) is 23.0 Å². The Morgan fingerprint density at radius 3 is 2.80 bits per heavy atom. The van der Waals surface area contributed by atoms with Gasteiger partial charge < -0.3 is 10.4 Å². The summed E-state index contributed by atoms with van der Waals surface area (Å²) in [5.41, 5.74) is 1.10. The summed E-state index contributed by atoms with van der Waals surface area (Å²) in [4.78, 5) is 10.3. The second-order valence-corrected chi connectivity index (χ2v) is 6.15. The van der Waals surface area contributed by atoms with Crippen LogP contribution in [0.1, 0.15) is 24.8 Å². The van der Waals surface area contributed by atoms with Crippen LogP contribution in [0.4, 0.5) is 5.69 Å². The molecule has 20 heavy (non-hydrogen) atoms. The van der Waals surface area contributed by atoms with Gasteiger partial charge in [0.25, 0.3) is 5.69 Å². The monoisotopic (exact) mass is 342 g/mol. The summed E-state index contributed by atoms with van der Waals surface area (Å²) in [6.45, 7) is 1.83. The first-order valence-corrected chi connectivity index (χ1v) is 7.65. The lowest BCUT2D eigenvalue weighted by atomic mass is 9.97. The molecule has 0 aliphatic heterocycles. The van der Waals surface area contributed by atoms with Gasteiger partial charge in [-0.3, -0.25) is 10.1 Å². The van der Waals surface area contributed by atoms with Crippen molar-refractivity contribution in [2.24, 2.45) is 11.8 Å². The number of halogens is 1. The Kier molecular flexibility index (Phi) is 5.51. The van der Waals surface area contributed by atoms with Crippen LogP contribution in [-0.2, 0) is 6.54 Å². The Morgan fingerprint density at radius 2 is 2.15 bits per heavy atom. The van der Waals surface area contributed by atoms with E-state index in [9.17, 15) is 15.2 Å². The first kappa shape index (κ1) is 15.4. The number of nitro benzene ring substituents is 1. The summed E-state index contributed by atoms with van der Waals surface area (Å²) < 4.78 is 0.754. The van der Waals surface area contributed by atoms with E-state index in [0.29, 0.717) is 18.4 Å². The molecule has 5 nitrogen and oxygen atoms in total. The number of nitrogens with zero attached hydrogens (tertiary/aromatic N) is 1. The van der Waals surface area contributed by atoms with Gasteiger partial charge >= 0.3 is 0 Å². The van der Waals surface area contributed by atoms with Crippen molar-refractivity contribution in [2.75, 3.05) is 13.2 Å². The van der Waals surface area contributed by atoms with Crippen LogP contribution in [0.2, 0.25) is 0 Å². The summed E-state index contributed by atoms with van der Waals surface area (Å²) in [5, 5.41) is 23.3. The van der Waals surface area contributed by atoms with Crippen LogP contribution in [0.15, 0.2) is 22.7 Å². The molecule has 110 valence electrons. The molecule has 1 aliphatic carbocycles. The van der Waals surface area contributed by atoms with Gasteiger partial charge in [0.15, 0.2) is 0 Å². The summed E-state index contributed by atoms with van der Waals surface area (Å²) in [5.74, 6) is 0.958. The first-order chi connectivity index (χ1) is 9.61. The molecule has 0 heterocycles. The number of rotatable bonds is 6. The van der Waals surface area contributed by atoms with Gasteiger partial charge in [-0.05, 0) is 42.9 Å². The minimum atomic E-state index is -0.396. The van der Waals surface area contributed by atoms with Gasteiger partial charge in [0, 0.05) is 29.8 Å². The molecule has 0 amide bonds. The number of hydrogen-bond donors (Lipinski definition) is 2. The smallest absolute Gasteiger partial charge is 0.270 e. The lowest BCUT2D eigenvalue weighted by molar-refractivity contribution is -0.384. The molecule has 1 fully saturated rings. The zero-order valence-corrected chi connectivity index (χ0v) is 12.8. The lowest BCUT2D eigenvalue weighted by Gasteiger charge is -2.18. The summed E-state index contributed by atoms with van der Waals surface area (Å²) in [6, 6.07) is 4.82. The second kappa shape index (κ2) is 7.15. The average molecular weight is 343 g/mol. The Bertz CT molecular complexity index is 481. The van der Waals surface area contributed by atoms with Gasteiger partial charge in [0.1, 0.15) is 0 Å². The average Bonchev–Trinajstić information content (AvgIpc) is 2.87. The normalized spacial score (nSPS) is 22.1. The number of benzene rings is 1. The highest BCUT2D eigenvalue weighted by molar-refractivity contribution is 9.10. The molecule has 1 saturated carbocycles. The van der Waals surface area contributed by atoms with Crippen LogP contribution < -0.4 is 5.32 Å². The van der Waals surface area contributed by atoms with Gasteiger partial charge in [-0.25, -0.2) is 0 Å². The van der Waals surface area contributed by atoms with Gasteiger partial charge in [0.05, 0.1) is 4.92 Å². The molecular formula is C14H19BrN2O3. The van der Waals surface area contributed by atoms with E-state index in [-0.39, 0.29) is 12.3 Å². The van der Waals surface area contributed by atoms with Crippen LogP contribution in [0, 0.1) is 22.0 Å². The molecule has 2 atom stereocenters. The molecule has 1 aliphatic rings. The maximum atomic E-state index is 10.7. The molecule has 0 aromatic heterocycles. The lowest BCUT2D eigenvalue weighted by Crippen LogP contribution is -2.26. The fourth-order valence-electron chi connectivity index (χ4n) is 2.81. The molecule has 0 bridgehead atoms. The highest BCUT2D eigenvalue weighted by Gasteiger charge is 2.25. The predicted molar refractivity (Wildman–Crippen MR) is 80.4 cm³/mol. The zero-order chi connectivity index (χ0) is 14.5. The third-order valence-electron chi connectivity index (χ3n) is 4.02. The number of aliphatic hydroxyl groups excluding tert-OH is 1. The van der Waals surface area contributed by atoms with Gasteiger partial charge in [-0.1, -0.05) is 22.4 Å². The largest absolute Gasteiger partial charge is 0.396 e. The van der Waals surface area contributed by atoms with Crippen molar-refractivity contribution in [2.45, 2.75) is 25.8 Å². The van der Waals surface area contributed by atoms with E-state index < -0.39 is 4.92 Å². The molecule has 0 spiro atoms. The molecular weight excluding hydrogens is 324 g/mol. The third-order valence-corrected chi connectivity index (χ3v) is 4.76. The van der Waals surface area contributed by atoms with Crippen LogP contribution >= 0.6 is 15.9 Å². The van der Waals surface area contributed by atoms with Crippen molar-refractivity contribution >= 4 is 21.6 Å². The number of aliphatic hydroxyl groups is 1. The highest BCUT2D eigenvalue weighted by atomic mass is 79.9. The predicted octanol–water partition coefficient (Wildman–Crippen LogP) is 2.86. The van der Waals surface area contributed by atoms with Crippen LogP contribution in [0.3, 0.4) is 0 Å². The van der Waals surface area contributed by atoms with E-state index in [1.54, 1.807) is 6.07 Å². The van der Waals surface area contributed by atoms with E-state index in [1.807, 2.05) is 0 Å². The van der Waals surface area contributed by atoms with Crippen LogP contribution in [0.25, 0.3) is 0 Å². The number of nitrogens with one attached hydrogen (secondary N) is 1. The maximum Gasteiger partial charge on any atom is 0.270 e. The SMILES string of the molecule is O=[N+]([O-])c1ccc(CNCC2CCCC2CO)c(Br)c1. The minimum Gasteiger partial charge on any atom is -0.396 e. The Labute approximate surface area is 126 Å². The zero-order valence-electron chi connectivity index (χ0n) is 11.2. The standard InChI is InChI=1S/C14H19BrN2O3/c15-14-6-13(17(19)20)5-4-11(14)8-16-7-10-2-1-3-12(10)9-18/h4-6,10,12,16,18H,1-3,7-9H2. The van der Waals surface area contributed by atoms with E-state index in [1.165, 1.54) is 25.0 Å². The summed E-state index contributed by atoms with van der Waals surface area (Å²) >= 11 is 3.37. The van der Waals surface area contributed by atoms with Crippen molar-refractivity contribution in [1.29, 1.82) is 0 Å². The van der Waals surface area contributed by atoms with E-state index in [4.69, 9.17) is 0 Å². The van der Waals surface area contributed by atoms with Crippen molar-refractivity contribution in [3.05, 3.63) is 38.3 Å². The maximum absolute atomic E-state index is 10.7. The number of nitro groups is 1. The highest BCUT2D eigenvalue weighted by Crippen LogP contribution is 2.30. The van der Waals surface area contributed by atoms with Gasteiger partial charge in [0.2, 0.25) is 0 Å². The number of hydrogen-bond acceptors (Lipinski definition) is 4. The molecule has 2 N–H and O–H groups in total. The van der Waals surface area contributed by atoms with E-state index >= 15 is 0 Å². The quantitative estimate of drug-likeness (QED) is 0.615. The Balaban J connectivity index is 1.86. The minimum absolute atomic E-state index is 0.0942. The van der Waals surface area contributed by atoms with Gasteiger partial charge in [-0.2, -0.15) is 0 Å². The molecule has 0 radical (unpaired) electrons. The molecule has 2 rings (SSSR count). The van der Waals surface area contributed by atoms with Crippen molar-refractivity contribution in [3.8, 4) is 0 Å². The molecule has 0 saturated heterocycles. The van der Waals surface area contributed by atoms with Crippen LogP contribution in [0.5, 0.6) is 0 Å². The summed E-state index contributed by atoms with van der Waals surface area (Å²) in [6.07, 6.45) is 3.47. The van der Waals surface area contributed by atoms with Crippen LogP contribution in [-0.4, -0.2) is 23.2 Å². The fourth-order valence-corrected chi connectivity index (χ4v) is 3.32. The molecule has 6 heteroatoms. The van der Waals surface area contributed by atoms with Crippen molar-refractivity contribution in [1.82, 2.24) is 5.32 Å². The Morgan fingerprint density at radius 1 is 1.40 bits per heavy atom. The van der Waals surface area contributed by atoms with E-state index in [2.05, 4.69) is 21.2 Å². The third kappa shape index (κ3) is 3.77. The topological polar surface area (TPSA) is 75.4 Å². The van der Waals surface area contributed by atoms with Gasteiger partial charge in [-0.15, -0.1) is 0 Å². The second-order valence-electron chi connectivity index (χ2n) is 5.30. The molecule has 1 aromatic carbocycles. The molecule has 2 unspecified atom stereocenters. The fraction of sp³-hybridized carbons (Fsp3) is 0.571. The Hall–Kier alpha value is -0.980. The van der Waals surface area contributed by atoms with Crippen molar-refractivity contribution in [3.63, 3.8) is 0 Å².